The van der Waals surface area contributed by atoms with E-state index in [1.807, 2.05) is 24.3 Å². The van der Waals surface area contributed by atoms with Crippen LogP contribution in [0.3, 0.4) is 0 Å². The molecule has 6 nitrogen and oxygen atoms in total. The zero-order valence-electron chi connectivity index (χ0n) is 15.6. The average Bonchev–Trinajstić information content (AvgIpc) is 2.65. The molecule has 2 N–H and O–H groups in total. The molecule has 0 aliphatic carbocycles. The van der Waals surface area contributed by atoms with E-state index in [9.17, 15) is 0 Å². The number of nitrogen functional groups attached to an aromatic ring is 1. The van der Waals surface area contributed by atoms with E-state index < -0.39 is 0 Å². The number of nitrogens with zero attached hydrogens (tertiary/aromatic N) is 3. The van der Waals surface area contributed by atoms with Gasteiger partial charge in [-0.2, -0.15) is 9.97 Å². The van der Waals surface area contributed by atoms with E-state index in [0.29, 0.717) is 12.6 Å². The van der Waals surface area contributed by atoms with Gasteiger partial charge in [-0.1, -0.05) is 37.6 Å². The molecule has 0 unspecified atom stereocenters. The first-order valence-electron chi connectivity index (χ1n) is 9.11. The lowest BCUT2D eigenvalue weighted by atomic mass is 10.2. The van der Waals surface area contributed by atoms with Gasteiger partial charge >= 0.3 is 0 Å². The fourth-order valence-corrected chi connectivity index (χ4v) is 3.23. The molecule has 0 radical (unpaired) electrons. The van der Waals surface area contributed by atoms with Crippen molar-refractivity contribution in [3.8, 4) is 11.5 Å². The smallest absolute Gasteiger partial charge is 0.224 e. The van der Waals surface area contributed by atoms with Crippen molar-refractivity contribution in [1.82, 2.24) is 15.0 Å². The SMILES string of the molecule is CCCCCSc1nc(N)nc(CCCCOc2cccc(OC)c2)n1. The molecule has 7 heteroatoms. The van der Waals surface area contributed by atoms with E-state index in [-0.39, 0.29) is 0 Å². The molecular formula is C19H28N4O2S. The maximum atomic E-state index is 5.81. The lowest BCUT2D eigenvalue weighted by Crippen LogP contribution is -2.06. The van der Waals surface area contributed by atoms with Gasteiger partial charge in [0.2, 0.25) is 5.95 Å². The Morgan fingerprint density at radius 3 is 2.69 bits per heavy atom. The average molecular weight is 377 g/mol. The second kappa shape index (κ2) is 11.6. The first kappa shape index (κ1) is 20.3. The summed E-state index contributed by atoms with van der Waals surface area (Å²) in [5.41, 5.74) is 5.81. The number of anilines is 1. The van der Waals surface area contributed by atoms with Gasteiger partial charge in [0.05, 0.1) is 13.7 Å². The summed E-state index contributed by atoms with van der Waals surface area (Å²) >= 11 is 1.65. The van der Waals surface area contributed by atoms with Gasteiger partial charge in [-0.3, -0.25) is 0 Å². The number of benzene rings is 1. The Morgan fingerprint density at radius 1 is 1.04 bits per heavy atom. The van der Waals surface area contributed by atoms with Crippen LogP contribution >= 0.6 is 11.8 Å². The molecule has 0 aliphatic heterocycles. The van der Waals surface area contributed by atoms with Crippen molar-refractivity contribution in [2.45, 2.75) is 50.6 Å². The third-order valence-electron chi connectivity index (χ3n) is 3.76. The topological polar surface area (TPSA) is 83.2 Å². The van der Waals surface area contributed by atoms with Crippen molar-refractivity contribution < 1.29 is 9.47 Å². The van der Waals surface area contributed by atoms with Crippen molar-refractivity contribution >= 4 is 17.7 Å². The zero-order chi connectivity index (χ0) is 18.6. The number of thioether (sulfide) groups is 1. The van der Waals surface area contributed by atoms with Gasteiger partial charge < -0.3 is 15.2 Å². The predicted molar refractivity (Wildman–Crippen MR) is 106 cm³/mol. The fourth-order valence-electron chi connectivity index (χ4n) is 2.37. The molecule has 2 aromatic rings. The highest BCUT2D eigenvalue weighted by Crippen LogP contribution is 2.19. The van der Waals surface area contributed by atoms with Crippen molar-refractivity contribution in [2.75, 3.05) is 25.2 Å². The molecule has 1 aromatic heterocycles. The van der Waals surface area contributed by atoms with Crippen LogP contribution in [0.2, 0.25) is 0 Å². The summed E-state index contributed by atoms with van der Waals surface area (Å²) in [4.78, 5) is 13.0. The molecule has 0 fully saturated rings. The van der Waals surface area contributed by atoms with Crippen LogP contribution < -0.4 is 15.2 Å². The Hall–Kier alpha value is -2.02. The molecule has 1 aromatic carbocycles. The molecule has 0 saturated carbocycles. The summed E-state index contributed by atoms with van der Waals surface area (Å²) in [5.74, 6) is 3.70. The Bertz CT molecular complexity index is 670. The van der Waals surface area contributed by atoms with Gasteiger partial charge in [-0.15, -0.1) is 0 Å². The molecule has 26 heavy (non-hydrogen) atoms. The van der Waals surface area contributed by atoms with Crippen molar-refractivity contribution in [3.05, 3.63) is 30.1 Å². The molecule has 0 atom stereocenters. The lowest BCUT2D eigenvalue weighted by Gasteiger charge is -2.08. The third kappa shape index (κ3) is 7.47. The molecule has 0 bridgehead atoms. The molecule has 2 rings (SSSR count). The Balaban J connectivity index is 1.72. The van der Waals surface area contributed by atoms with Gasteiger partial charge in [0.25, 0.3) is 0 Å². The number of aryl methyl sites for hydroxylation is 1. The van der Waals surface area contributed by atoms with Crippen LogP contribution in [0.4, 0.5) is 5.95 Å². The number of unbranched alkanes of at least 4 members (excludes halogenated alkanes) is 3. The number of rotatable bonds is 12. The van der Waals surface area contributed by atoms with E-state index in [2.05, 4.69) is 21.9 Å². The fraction of sp³-hybridized carbons (Fsp3) is 0.526. The van der Waals surface area contributed by atoms with Gasteiger partial charge in [0, 0.05) is 18.2 Å². The number of ether oxygens (including phenoxy) is 2. The highest BCUT2D eigenvalue weighted by atomic mass is 32.2. The largest absolute Gasteiger partial charge is 0.497 e. The van der Waals surface area contributed by atoms with E-state index in [4.69, 9.17) is 15.2 Å². The molecule has 0 saturated heterocycles. The van der Waals surface area contributed by atoms with E-state index in [0.717, 1.165) is 47.5 Å². The highest BCUT2D eigenvalue weighted by molar-refractivity contribution is 7.99. The minimum Gasteiger partial charge on any atom is -0.497 e. The number of hydrogen-bond donors (Lipinski definition) is 1. The second-order valence-electron chi connectivity index (χ2n) is 5.93. The Kier molecular flexibility index (Phi) is 9.03. The van der Waals surface area contributed by atoms with Crippen molar-refractivity contribution in [2.24, 2.45) is 0 Å². The maximum Gasteiger partial charge on any atom is 0.224 e. The van der Waals surface area contributed by atoms with Gasteiger partial charge in [0.1, 0.15) is 17.3 Å². The Labute approximate surface area is 159 Å². The van der Waals surface area contributed by atoms with E-state index >= 15 is 0 Å². The van der Waals surface area contributed by atoms with Crippen LogP contribution in [-0.4, -0.2) is 34.4 Å². The van der Waals surface area contributed by atoms with E-state index in [1.54, 1.807) is 18.9 Å². The second-order valence-corrected chi connectivity index (χ2v) is 6.99. The van der Waals surface area contributed by atoms with Crippen molar-refractivity contribution in [1.29, 1.82) is 0 Å². The molecule has 0 amide bonds. The standard InChI is InChI=1S/C19H28N4O2S/c1-3-4-7-13-26-19-22-17(21-18(20)23-19)11-5-6-12-25-16-10-8-9-15(14-16)24-2/h8-10,14H,3-7,11-13H2,1-2H3,(H2,20,21,22,23). The number of methoxy groups -OCH3 is 1. The van der Waals surface area contributed by atoms with Crippen LogP contribution in [0.15, 0.2) is 29.4 Å². The maximum absolute atomic E-state index is 5.81. The molecular weight excluding hydrogens is 348 g/mol. The predicted octanol–water partition coefficient (Wildman–Crippen LogP) is 4.15. The summed E-state index contributed by atoms with van der Waals surface area (Å²) in [6.07, 6.45) is 6.24. The molecule has 0 aliphatic rings. The molecule has 0 spiro atoms. The highest BCUT2D eigenvalue weighted by Gasteiger charge is 2.05. The summed E-state index contributed by atoms with van der Waals surface area (Å²) < 4.78 is 10.9. The lowest BCUT2D eigenvalue weighted by molar-refractivity contribution is 0.304. The normalized spacial score (nSPS) is 10.7. The van der Waals surface area contributed by atoms with Gasteiger partial charge in [-0.05, 0) is 31.4 Å². The molecule has 142 valence electrons. The summed E-state index contributed by atoms with van der Waals surface area (Å²) in [6.45, 7) is 2.84. The summed E-state index contributed by atoms with van der Waals surface area (Å²) in [7, 11) is 1.65. The van der Waals surface area contributed by atoms with Crippen LogP contribution in [0.25, 0.3) is 0 Å². The molecule has 1 heterocycles. The van der Waals surface area contributed by atoms with Crippen LogP contribution in [0.1, 0.15) is 44.9 Å². The van der Waals surface area contributed by atoms with Crippen LogP contribution in [0, 0.1) is 0 Å². The monoisotopic (exact) mass is 376 g/mol. The zero-order valence-corrected chi connectivity index (χ0v) is 16.4. The minimum atomic E-state index is 0.306. The number of aromatic nitrogens is 3. The third-order valence-corrected chi connectivity index (χ3v) is 4.70. The summed E-state index contributed by atoms with van der Waals surface area (Å²) in [6, 6.07) is 7.63. The summed E-state index contributed by atoms with van der Waals surface area (Å²) in [5, 5.41) is 0.733. The number of nitrogens with two attached hydrogens (primary N) is 1. The van der Waals surface area contributed by atoms with Crippen LogP contribution in [-0.2, 0) is 6.42 Å². The van der Waals surface area contributed by atoms with Gasteiger partial charge in [0.15, 0.2) is 5.16 Å². The number of hydrogen-bond acceptors (Lipinski definition) is 7. The quantitative estimate of drug-likeness (QED) is 0.440. The van der Waals surface area contributed by atoms with Gasteiger partial charge in [-0.25, -0.2) is 4.98 Å². The first-order valence-corrected chi connectivity index (χ1v) is 10.1. The first-order chi connectivity index (χ1) is 12.7. The van der Waals surface area contributed by atoms with Crippen LogP contribution in [0.5, 0.6) is 11.5 Å². The van der Waals surface area contributed by atoms with E-state index in [1.165, 1.54) is 19.3 Å². The van der Waals surface area contributed by atoms with Crippen molar-refractivity contribution in [3.63, 3.8) is 0 Å². The Morgan fingerprint density at radius 2 is 1.88 bits per heavy atom. The minimum absolute atomic E-state index is 0.306.